The molecule has 10 rings (SSSR count). The zero-order valence-electron chi connectivity index (χ0n) is 43.3. The molecule has 4 aliphatic heterocycles. The summed E-state index contributed by atoms with van der Waals surface area (Å²) in [4.78, 5) is 9.33. The molecule has 6 aromatic rings. The summed E-state index contributed by atoms with van der Waals surface area (Å²) in [6.45, 7) is 15.1. The van der Waals surface area contributed by atoms with Gasteiger partial charge in [-0.1, -0.05) is 75.6 Å². The van der Waals surface area contributed by atoms with Crippen LogP contribution in [0.2, 0.25) is 0 Å². The quantitative estimate of drug-likeness (QED) is 0.0909. The molecule has 4 aliphatic rings. The Morgan fingerprint density at radius 3 is 1.10 bits per heavy atom. The summed E-state index contributed by atoms with van der Waals surface area (Å²) in [5, 5.41) is 0. The van der Waals surface area contributed by atoms with Gasteiger partial charge in [0, 0.05) is 82.2 Å². The van der Waals surface area contributed by atoms with E-state index in [1.807, 2.05) is 156 Å². The van der Waals surface area contributed by atoms with Crippen LogP contribution in [0.5, 0.6) is 0 Å². The van der Waals surface area contributed by atoms with E-state index < -0.39 is 13.9 Å². The van der Waals surface area contributed by atoms with Gasteiger partial charge in [-0.25, -0.2) is 0 Å². The lowest BCUT2D eigenvalue weighted by atomic mass is 9.83. The van der Waals surface area contributed by atoms with Crippen LogP contribution in [0.15, 0.2) is 119 Å². The fraction of sp³-hybridized carbons (Fsp3) is 0.267. The minimum absolute atomic E-state index is 0.601. The SMILES string of the molecule is CCC1=C(C)C2=C(c3ccc(C#Cc4ccc(-c5ccc(C#Cc6ccc(C7=C8C(C)=C(CC)C(C)=[N+]8[B-](F)(F)n8c(C)c(CC)c(C)c87)cc6)cn5)nc4)cc3)c3c(C)c(CC)c(C)n3[B-](F)(F)[N+]2=C1C. The smallest absolute Gasteiger partial charge is 0.393 e. The van der Waals surface area contributed by atoms with Gasteiger partial charge in [-0.15, -0.1) is 0 Å². The number of fused-ring (bicyclic) bond motifs is 4. The molecule has 2 aromatic carbocycles. The number of nitrogens with zero attached hydrogens (tertiary/aromatic N) is 6. The van der Waals surface area contributed by atoms with E-state index >= 15 is 17.3 Å². The van der Waals surface area contributed by atoms with E-state index in [9.17, 15) is 0 Å². The molecule has 0 fully saturated rings. The number of rotatable bonds is 7. The van der Waals surface area contributed by atoms with Crippen molar-refractivity contribution >= 4 is 36.5 Å². The molecule has 0 bridgehead atoms. The van der Waals surface area contributed by atoms with E-state index in [-0.39, 0.29) is 0 Å². The molecule has 362 valence electrons. The average Bonchev–Trinajstić information content (AvgIpc) is 3.99. The van der Waals surface area contributed by atoms with Crippen molar-refractivity contribution in [1.82, 2.24) is 18.9 Å². The first-order valence-corrected chi connectivity index (χ1v) is 25.2. The second kappa shape index (κ2) is 17.7. The van der Waals surface area contributed by atoms with Crippen LogP contribution in [0, 0.1) is 51.4 Å². The van der Waals surface area contributed by atoms with E-state index in [4.69, 9.17) is 0 Å². The fourth-order valence-electron chi connectivity index (χ4n) is 12.5. The number of benzene rings is 2. The lowest BCUT2D eigenvalue weighted by molar-refractivity contribution is -0.364. The van der Waals surface area contributed by atoms with Gasteiger partial charge in [-0.2, -0.15) is 0 Å². The van der Waals surface area contributed by atoms with Crippen molar-refractivity contribution in [2.45, 2.75) is 109 Å². The highest BCUT2D eigenvalue weighted by Gasteiger charge is 2.58. The zero-order valence-corrected chi connectivity index (χ0v) is 43.3. The predicted molar refractivity (Wildman–Crippen MR) is 286 cm³/mol. The summed E-state index contributed by atoms with van der Waals surface area (Å²) >= 11 is 0. The summed E-state index contributed by atoms with van der Waals surface area (Å²) in [7, 11) is 0. The van der Waals surface area contributed by atoms with Crippen molar-refractivity contribution in [3.8, 4) is 35.1 Å². The third-order valence-corrected chi connectivity index (χ3v) is 15.8. The second-order valence-corrected chi connectivity index (χ2v) is 19.5. The first-order valence-electron chi connectivity index (χ1n) is 25.2. The van der Waals surface area contributed by atoms with Gasteiger partial charge in [0.2, 0.25) is 0 Å². The summed E-state index contributed by atoms with van der Waals surface area (Å²) in [5.74, 6) is 13.0. The highest BCUT2D eigenvalue weighted by Crippen LogP contribution is 2.49. The molecule has 4 aromatic heterocycles. The molecule has 0 amide bonds. The zero-order chi connectivity index (χ0) is 51.3. The highest BCUT2D eigenvalue weighted by atomic mass is 19.3. The summed E-state index contributed by atoms with van der Waals surface area (Å²) in [5.41, 5.74) is 20.3. The largest absolute Gasteiger partial charge is 0.737 e. The molecule has 72 heavy (non-hydrogen) atoms. The lowest BCUT2D eigenvalue weighted by Crippen LogP contribution is -2.51. The molecule has 6 nitrogen and oxygen atoms in total. The number of hydrogen-bond acceptors (Lipinski definition) is 2. The number of allylic oxidation sites excluding steroid dienone is 4. The van der Waals surface area contributed by atoms with E-state index in [0.29, 0.717) is 82.7 Å². The van der Waals surface area contributed by atoms with Crippen molar-refractivity contribution < 1.29 is 26.2 Å². The minimum atomic E-state index is -4.09. The van der Waals surface area contributed by atoms with Crippen molar-refractivity contribution in [3.63, 3.8) is 0 Å². The topological polar surface area (TPSA) is 41.7 Å². The minimum Gasteiger partial charge on any atom is -0.393 e. The monoisotopic (exact) mass is 960 g/mol. The first-order chi connectivity index (χ1) is 34.4. The van der Waals surface area contributed by atoms with Gasteiger partial charge in [0.15, 0.2) is 11.4 Å². The summed E-state index contributed by atoms with van der Waals surface area (Å²) < 4.78 is 72.0. The number of pyridine rings is 2. The predicted octanol–water partition coefficient (Wildman–Crippen LogP) is 13.3. The standard InChI is InChI=1S/C60H58B2F4N6/c1-13-49-35(5)57-55(58-36(6)50(14-2)40(10)70(58)61(63,64)69(57)39(49)9)47-27-21-43(22-28-47)17-19-45-25-31-53(67-33-45)54-32-26-46(34-68-54)20-18-44-23-29-48(30-24-44)56-59-37(7)51(15-3)41(11)71(59)62(65,66)72-42(12)52(16-4)38(8)60(56)72/h21-34H,13-16H2,1-12H3. The van der Waals surface area contributed by atoms with E-state index in [0.717, 1.165) is 89.1 Å². The Kier molecular flexibility index (Phi) is 11.9. The average molecular weight is 961 g/mol. The first kappa shape index (κ1) is 48.2. The van der Waals surface area contributed by atoms with E-state index in [1.165, 1.54) is 17.9 Å². The van der Waals surface area contributed by atoms with Crippen LogP contribution in [0.25, 0.3) is 22.5 Å². The molecule has 0 aliphatic carbocycles. The molecule has 8 heterocycles. The van der Waals surface area contributed by atoms with Crippen molar-refractivity contribution in [2.24, 2.45) is 0 Å². The molecule has 0 N–H and O–H groups in total. The molecule has 12 heteroatoms. The Labute approximate surface area is 421 Å². The van der Waals surface area contributed by atoms with Crippen LogP contribution < -0.4 is 0 Å². The third-order valence-electron chi connectivity index (χ3n) is 15.8. The highest BCUT2D eigenvalue weighted by molar-refractivity contribution is 6.59. The van der Waals surface area contributed by atoms with Gasteiger partial charge >= 0.3 is 13.9 Å². The van der Waals surface area contributed by atoms with Crippen LogP contribution >= 0.6 is 0 Å². The summed E-state index contributed by atoms with van der Waals surface area (Å²) in [6, 6.07) is 23.4. The van der Waals surface area contributed by atoms with Crippen molar-refractivity contribution in [1.29, 1.82) is 0 Å². The summed E-state index contributed by atoms with van der Waals surface area (Å²) in [6.07, 6.45) is 6.16. The molecule has 0 atom stereocenters. The van der Waals surface area contributed by atoms with Gasteiger partial charge in [0.25, 0.3) is 0 Å². The Balaban J connectivity index is 0.868. The van der Waals surface area contributed by atoms with Gasteiger partial charge in [0.1, 0.15) is 11.4 Å². The Morgan fingerprint density at radius 2 is 0.792 bits per heavy atom. The number of aromatic nitrogens is 4. The molecule has 0 unspecified atom stereocenters. The maximum Gasteiger partial charge on any atom is 0.737 e. The molecule has 0 saturated carbocycles. The van der Waals surface area contributed by atoms with Crippen LogP contribution in [-0.4, -0.2) is 53.3 Å². The Bertz CT molecular complexity index is 3420. The van der Waals surface area contributed by atoms with Crippen LogP contribution in [0.1, 0.15) is 147 Å². The molecular formula is C60H58B2F4N6. The van der Waals surface area contributed by atoms with Crippen LogP contribution in [0.4, 0.5) is 17.3 Å². The molecular weight excluding hydrogens is 902 g/mol. The second-order valence-electron chi connectivity index (χ2n) is 19.5. The van der Waals surface area contributed by atoms with Gasteiger partial charge in [-0.3, -0.25) is 9.97 Å². The maximum atomic E-state index is 16.7. The van der Waals surface area contributed by atoms with E-state index in [2.05, 4.69) is 33.6 Å². The van der Waals surface area contributed by atoms with Gasteiger partial charge in [0.05, 0.1) is 22.5 Å². The Morgan fingerprint density at radius 1 is 0.458 bits per heavy atom. The normalized spacial score (nSPS) is 16.5. The lowest BCUT2D eigenvalue weighted by Gasteiger charge is -2.34. The molecule has 0 radical (unpaired) electrons. The third kappa shape index (κ3) is 7.12. The van der Waals surface area contributed by atoms with Crippen molar-refractivity contribution in [3.05, 3.63) is 197 Å². The fourth-order valence-corrected chi connectivity index (χ4v) is 12.5. The van der Waals surface area contributed by atoms with Crippen molar-refractivity contribution in [2.75, 3.05) is 0 Å². The Hall–Kier alpha value is -7.43. The van der Waals surface area contributed by atoms with Gasteiger partial charge < -0.3 is 35.2 Å². The van der Waals surface area contributed by atoms with E-state index in [1.54, 1.807) is 12.4 Å². The van der Waals surface area contributed by atoms with Crippen LogP contribution in [0.3, 0.4) is 0 Å². The molecule has 0 saturated heterocycles. The van der Waals surface area contributed by atoms with Gasteiger partial charge in [-0.05, 0) is 161 Å². The number of hydrogen-bond donors (Lipinski definition) is 0. The molecule has 0 spiro atoms. The number of halogens is 4. The maximum absolute atomic E-state index is 16.7. The van der Waals surface area contributed by atoms with Crippen LogP contribution in [-0.2, 0) is 12.8 Å².